The molecular formula is C44H52N6O5. The molecular weight excluding hydrogens is 693 g/mol. The van der Waals surface area contributed by atoms with Gasteiger partial charge in [-0.1, -0.05) is 13.8 Å². The second kappa shape index (κ2) is 14.3. The van der Waals surface area contributed by atoms with E-state index in [0.29, 0.717) is 23.1 Å². The van der Waals surface area contributed by atoms with Crippen LogP contribution in [0.3, 0.4) is 0 Å². The van der Waals surface area contributed by atoms with Crippen molar-refractivity contribution in [2.75, 3.05) is 39.4 Å². The average Bonchev–Trinajstić information content (AvgIpc) is 4.12. The van der Waals surface area contributed by atoms with Gasteiger partial charge in [0.2, 0.25) is 0 Å². The van der Waals surface area contributed by atoms with E-state index in [1.165, 1.54) is 25.7 Å². The lowest BCUT2D eigenvalue weighted by Gasteiger charge is -2.38. The first-order valence-corrected chi connectivity index (χ1v) is 19.8. The molecule has 2 aromatic rings. The van der Waals surface area contributed by atoms with Crippen LogP contribution in [0.15, 0.2) is 35.7 Å². The third-order valence-corrected chi connectivity index (χ3v) is 13.1. The van der Waals surface area contributed by atoms with Gasteiger partial charge in [0.1, 0.15) is 28.7 Å². The number of nitriles is 2. The van der Waals surface area contributed by atoms with Crippen molar-refractivity contribution in [3.8, 4) is 12.1 Å². The van der Waals surface area contributed by atoms with Gasteiger partial charge in [-0.25, -0.2) is 0 Å². The van der Waals surface area contributed by atoms with Gasteiger partial charge in [-0.05, 0) is 106 Å². The SMILES string of the molecule is CC(C)(CO)c1cc2c(cn1)CC(=O)C(C#N)=C2N1CCC2(CC1)CC2.CCOC(=O)C(C)(C)c1cc2c(cn1)CC(=O)C(C#N)=C2N1CCC2(CC1)CC2. The molecule has 0 radical (unpaired) electrons. The zero-order valence-electron chi connectivity index (χ0n) is 32.9. The number of piperidine rings is 2. The number of likely N-dealkylation sites (tertiary alicyclic amines) is 2. The van der Waals surface area contributed by atoms with E-state index in [4.69, 9.17) is 4.74 Å². The molecule has 2 saturated carbocycles. The van der Waals surface area contributed by atoms with Crippen LogP contribution in [0.2, 0.25) is 0 Å². The number of ether oxygens (including phenoxy) is 1. The first-order chi connectivity index (χ1) is 26.2. The van der Waals surface area contributed by atoms with Crippen molar-refractivity contribution in [3.63, 3.8) is 0 Å². The number of ketones is 2. The maximum atomic E-state index is 12.6. The molecule has 8 rings (SSSR count). The van der Waals surface area contributed by atoms with Crippen LogP contribution >= 0.6 is 0 Å². The summed E-state index contributed by atoms with van der Waals surface area (Å²) in [6.07, 6.45) is 13.5. The Morgan fingerprint density at radius 2 is 1.18 bits per heavy atom. The number of carbonyl (C=O) groups is 3. The average molecular weight is 745 g/mol. The van der Waals surface area contributed by atoms with Gasteiger partial charge >= 0.3 is 5.97 Å². The van der Waals surface area contributed by atoms with Crippen molar-refractivity contribution in [2.45, 2.75) is 110 Å². The Morgan fingerprint density at radius 1 is 0.764 bits per heavy atom. The van der Waals surface area contributed by atoms with E-state index in [-0.39, 0.29) is 48.1 Å². The summed E-state index contributed by atoms with van der Waals surface area (Å²) in [6.45, 7) is 13.1. The van der Waals surface area contributed by atoms with E-state index in [1.807, 2.05) is 26.0 Å². The Hall–Kier alpha value is -4.87. The number of hydrogen-bond donors (Lipinski definition) is 1. The van der Waals surface area contributed by atoms with E-state index in [1.54, 1.807) is 33.2 Å². The Morgan fingerprint density at radius 3 is 1.56 bits per heavy atom. The van der Waals surface area contributed by atoms with Crippen LogP contribution < -0.4 is 0 Å². The van der Waals surface area contributed by atoms with Gasteiger partial charge in [0, 0.05) is 73.7 Å². The summed E-state index contributed by atoms with van der Waals surface area (Å²) >= 11 is 0. The molecule has 0 bridgehead atoms. The number of allylic oxidation sites excluding steroid dienone is 2. The number of esters is 1. The number of pyridine rings is 2. The Bertz CT molecular complexity index is 2070. The second-order valence-corrected chi connectivity index (χ2v) is 17.7. The van der Waals surface area contributed by atoms with Crippen LogP contribution in [0.25, 0.3) is 11.4 Å². The first-order valence-electron chi connectivity index (χ1n) is 19.8. The second-order valence-electron chi connectivity index (χ2n) is 17.7. The Balaban J connectivity index is 0.000000170. The maximum Gasteiger partial charge on any atom is 0.317 e. The molecule has 2 saturated heterocycles. The zero-order valence-corrected chi connectivity index (χ0v) is 32.9. The largest absolute Gasteiger partial charge is 0.465 e. The molecule has 0 aromatic carbocycles. The van der Waals surface area contributed by atoms with E-state index < -0.39 is 10.8 Å². The molecule has 2 spiro atoms. The highest BCUT2D eigenvalue weighted by atomic mass is 16.5. The predicted octanol–water partition coefficient (Wildman–Crippen LogP) is 5.75. The zero-order chi connectivity index (χ0) is 39.3. The summed E-state index contributed by atoms with van der Waals surface area (Å²) < 4.78 is 5.23. The van der Waals surface area contributed by atoms with Gasteiger partial charge in [0.05, 0.1) is 30.3 Å². The summed E-state index contributed by atoms with van der Waals surface area (Å²) in [5.74, 6) is -0.599. The van der Waals surface area contributed by atoms with Gasteiger partial charge in [-0.15, -0.1) is 0 Å². The number of Topliss-reactive ketones (excluding diaryl/α,β-unsaturated/α-hetero) is 2. The normalized spacial score (nSPS) is 20.9. The standard InChI is InChI=1S/C23H27N3O3.C21H25N3O2/c1-4-29-21(28)22(2,3)19-12-16-15(14-25-19)11-18(27)17(13-24)20(16)26-9-7-23(5-6-23)8-10-26;1-20(2,13-25)18-10-15-14(12-23-18)9-17(26)16(11-22)19(15)24-7-5-21(3-4-21)6-8-24/h12,14H,4-11H2,1-3H3;10,12,25H,3-9,13H2,1-2H3. The van der Waals surface area contributed by atoms with Gasteiger partial charge < -0.3 is 19.6 Å². The van der Waals surface area contributed by atoms with Crippen LogP contribution in [-0.2, 0) is 42.8 Å². The fraction of sp³-hybridized carbons (Fsp3) is 0.568. The number of fused-ring (bicyclic) bond motifs is 2. The van der Waals surface area contributed by atoms with Crippen molar-refractivity contribution in [1.29, 1.82) is 10.5 Å². The molecule has 0 amide bonds. The number of nitrogens with zero attached hydrogens (tertiary/aromatic N) is 6. The molecule has 11 nitrogen and oxygen atoms in total. The van der Waals surface area contributed by atoms with Crippen LogP contribution in [-0.4, -0.2) is 81.8 Å². The lowest BCUT2D eigenvalue weighted by Crippen LogP contribution is -2.37. The minimum absolute atomic E-state index is 0.00585. The maximum absolute atomic E-state index is 12.6. The van der Waals surface area contributed by atoms with Crippen molar-refractivity contribution >= 4 is 28.9 Å². The number of aromatic nitrogens is 2. The highest BCUT2D eigenvalue weighted by Crippen LogP contribution is 2.55. The molecule has 0 unspecified atom stereocenters. The van der Waals surface area contributed by atoms with E-state index in [0.717, 1.165) is 91.2 Å². The third kappa shape index (κ3) is 7.20. The van der Waals surface area contributed by atoms with Gasteiger partial charge in [-0.2, -0.15) is 10.5 Å². The monoisotopic (exact) mass is 744 g/mol. The first kappa shape index (κ1) is 38.4. The molecule has 2 aromatic heterocycles. The van der Waals surface area contributed by atoms with Gasteiger partial charge in [0.25, 0.3) is 0 Å². The summed E-state index contributed by atoms with van der Waals surface area (Å²) in [4.78, 5) is 51.1. The molecule has 288 valence electrons. The number of aliphatic hydroxyl groups is 1. The van der Waals surface area contributed by atoms with Crippen molar-refractivity contribution in [2.24, 2.45) is 10.8 Å². The number of hydrogen-bond acceptors (Lipinski definition) is 11. The Kier molecular flexibility index (Phi) is 10.0. The molecule has 4 fully saturated rings. The quantitative estimate of drug-likeness (QED) is 0.344. The number of carbonyl (C=O) groups excluding carboxylic acids is 3. The fourth-order valence-corrected chi connectivity index (χ4v) is 8.61. The van der Waals surface area contributed by atoms with E-state index >= 15 is 0 Å². The van der Waals surface area contributed by atoms with Crippen LogP contribution in [0.4, 0.5) is 0 Å². The summed E-state index contributed by atoms with van der Waals surface area (Å²) in [5.41, 5.74) is 6.56. The molecule has 1 N–H and O–H groups in total. The van der Waals surface area contributed by atoms with E-state index in [9.17, 15) is 30.0 Å². The van der Waals surface area contributed by atoms with Crippen LogP contribution in [0.5, 0.6) is 0 Å². The predicted molar refractivity (Wildman–Crippen MR) is 206 cm³/mol. The molecule has 4 heterocycles. The van der Waals surface area contributed by atoms with Crippen molar-refractivity contribution in [1.82, 2.24) is 19.8 Å². The minimum atomic E-state index is -0.912. The highest BCUT2D eigenvalue weighted by molar-refractivity contribution is 6.10. The fourth-order valence-electron chi connectivity index (χ4n) is 8.61. The molecule has 55 heavy (non-hydrogen) atoms. The van der Waals surface area contributed by atoms with Gasteiger partial charge in [0.15, 0.2) is 11.6 Å². The minimum Gasteiger partial charge on any atom is -0.465 e. The molecule has 0 atom stereocenters. The van der Waals surface area contributed by atoms with E-state index in [2.05, 4.69) is 31.9 Å². The summed E-state index contributed by atoms with van der Waals surface area (Å²) in [6, 6.07) is 8.19. The van der Waals surface area contributed by atoms with Crippen LogP contribution in [0.1, 0.15) is 120 Å². The number of aliphatic hydroxyl groups excluding tert-OH is 1. The van der Waals surface area contributed by atoms with Crippen molar-refractivity contribution in [3.05, 3.63) is 69.3 Å². The number of rotatable bonds is 7. The molecule has 4 aliphatic carbocycles. The van der Waals surface area contributed by atoms with Gasteiger partial charge in [-0.3, -0.25) is 24.4 Å². The highest BCUT2D eigenvalue weighted by Gasteiger charge is 2.47. The topological polar surface area (TPSA) is 161 Å². The Labute approximate surface area is 324 Å². The smallest absolute Gasteiger partial charge is 0.317 e. The third-order valence-electron chi connectivity index (χ3n) is 13.1. The van der Waals surface area contributed by atoms with Crippen molar-refractivity contribution < 1.29 is 24.2 Å². The molecule has 11 heteroatoms. The van der Waals surface area contributed by atoms with Crippen LogP contribution in [0, 0.1) is 33.5 Å². The lowest BCUT2D eigenvalue weighted by molar-refractivity contribution is -0.149. The molecule has 2 aliphatic heterocycles. The summed E-state index contributed by atoms with van der Waals surface area (Å²) in [5, 5.41) is 29.1. The summed E-state index contributed by atoms with van der Waals surface area (Å²) in [7, 11) is 0. The lowest BCUT2D eigenvalue weighted by atomic mass is 9.83. The molecule has 6 aliphatic rings.